The van der Waals surface area contributed by atoms with E-state index in [1.165, 1.54) is 0 Å². The van der Waals surface area contributed by atoms with Gasteiger partial charge in [-0.1, -0.05) is 13.8 Å². The van der Waals surface area contributed by atoms with Gasteiger partial charge in [-0.2, -0.15) is 0 Å². The lowest BCUT2D eigenvalue weighted by Crippen LogP contribution is -2.21. The fourth-order valence-corrected chi connectivity index (χ4v) is 2.09. The van der Waals surface area contributed by atoms with E-state index in [1.807, 2.05) is 0 Å². The zero-order valence-electron chi connectivity index (χ0n) is 10.2. The van der Waals surface area contributed by atoms with E-state index >= 15 is 0 Å². The highest BCUT2D eigenvalue weighted by atomic mass is 16.4. The Morgan fingerprint density at radius 2 is 2.18 bits per heavy atom. The molecule has 1 saturated carbocycles. The van der Waals surface area contributed by atoms with E-state index < -0.39 is 5.97 Å². The monoisotopic (exact) mass is 236 g/mol. The lowest BCUT2D eigenvalue weighted by molar-refractivity contribution is -0.136. The van der Waals surface area contributed by atoms with Crippen molar-refractivity contribution in [3.05, 3.63) is 27.4 Å². The van der Waals surface area contributed by atoms with Crippen LogP contribution in [0.1, 0.15) is 43.3 Å². The van der Waals surface area contributed by atoms with Gasteiger partial charge in [-0.25, -0.2) is 4.98 Å². The van der Waals surface area contributed by atoms with Crippen molar-refractivity contribution in [1.82, 2.24) is 9.97 Å². The largest absolute Gasteiger partial charge is 0.481 e. The van der Waals surface area contributed by atoms with Crippen molar-refractivity contribution in [2.24, 2.45) is 5.41 Å². The number of rotatable bonds is 3. The van der Waals surface area contributed by atoms with Crippen LogP contribution >= 0.6 is 0 Å². The zero-order valence-corrected chi connectivity index (χ0v) is 10.2. The first-order chi connectivity index (χ1) is 7.81. The third-order valence-corrected chi connectivity index (χ3v) is 3.41. The second kappa shape index (κ2) is 3.68. The molecule has 1 fully saturated rings. The van der Waals surface area contributed by atoms with Crippen LogP contribution in [0.5, 0.6) is 0 Å². The molecule has 1 atom stereocenters. The summed E-state index contributed by atoms with van der Waals surface area (Å²) in [6.45, 7) is 5.93. The molecule has 0 aliphatic heterocycles. The van der Waals surface area contributed by atoms with Crippen LogP contribution in [-0.2, 0) is 11.2 Å². The van der Waals surface area contributed by atoms with E-state index in [2.05, 4.69) is 23.8 Å². The van der Waals surface area contributed by atoms with E-state index in [9.17, 15) is 9.59 Å². The molecule has 0 amide bonds. The van der Waals surface area contributed by atoms with Gasteiger partial charge in [-0.05, 0) is 18.8 Å². The van der Waals surface area contributed by atoms with Crippen LogP contribution < -0.4 is 5.56 Å². The Morgan fingerprint density at radius 1 is 1.59 bits per heavy atom. The summed E-state index contributed by atoms with van der Waals surface area (Å²) in [6.07, 6.45) is 0.732. The number of aromatic amines is 1. The number of carboxylic acid groups (broad SMARTS) is 1. The molecule has 1 aliphatic rings. The number of hydrogen-bond acceptors (Lipinski definition) is 3. The molecule has 5 nitrogen and oxygen atoms in total. The SMILES string of the molecule is Cc1nc(C2CC2(C)C)[nH]c(=O)c1CC(=O)O. The first-order valence-corrected chi connectivity index (χ1v) is 5.63. The number of aliphatic carboxylic acids is 1. The molecular formula is C12H16N2O3. The number of hydrogen-bond donors (Lipinski definition) is 2. The summed E-state index contributed by atoms with van der Waals surface area (Å²) in [7, 11) is 0. The van der Waals surface area contributed by atoms with Gasteiger partial charge in [0.1, 0.15) is 5.82 Å². The molecule has 0 bridgehead atoms. The molecule has 17 heavy (non-hydrogen) atoms. The molecule has 0 saturated heterocycles. The number of carboxylic acids is 1. The normalized spacial score (nSPS) is 21.2. The fourth-order valence-electron chi connectivity index (χ4n) is 2.09. The van der Waals surface area contributed by atoms with Gasteiger partial charge in [-0.3, -0.25) is 9.59 Å². The minimum absolute atomic E-state index is 0.191. The third-order valence-electron chi connectivity index (χ3n) is 3.41. The van der Waals surface area contributed by atoms with Gasteiger partial charge in [0, 0.05) is 17.2 Å². The first kappa shape index (κ1) is 11.8. The van der Waals surface area contributed by atoms with Crippen molar-refractivity contribution in [3.63, 3.8) is 0 Å². The molecule has 0 radical (unpaired) electrons. The summed E-state index contributed by atoms with van der Waals surface area (Å²) in [5.41, 5.74) is 0.641. The van der Waals surface area contributed by atoms with Gasteiger partial charge in [0.15, 0.2) is 0 Å². The zero-order chi connectivity index (χ0) is 12.8. The Kier molecular flexibility index (Phi) is 2.56. The Labute approximate surface area is 98.9 Å². The maximum atomic E-state index is 11.8. The number of H-pyrrole nitrogens is 1. The van der Waals surface area contributed by atoms with Crippen molar-refractivity contribution in [2.75, 3.05) is 0 Å². The molecule has 2 N–H and O–H groups in total. The van der Waals surface area contributed by atoms with Crippen LogP contribution in [0.4, 0.5) is 0 Å². The molecule has 1 unspecified atom stereocenters. The van der Waals surface area contributed by atoms with E-state index in [-0.39, 0.29) is 28.9 Å². The molecule has 0 spiro atoms. The van der Waals surface area contributed by atoms with Gasteiger partial charge < -0.3 is 10.1 Å². The molecule has 5 heteroatoms. The smallest absolute Gasteiger partial charge is 0.308 e. The van der Waals surface area contributed by atoms with Crippen LogP contribution in [0.25, 0.3) is 0 Å². The highest BCUT2D eigenvalue weighted by Crippen LogP contribution is 2.57. The second-order valence-electron chi connectivity index (χ2n) is 5.33. The molecule has 1 aromatic heterocycles. The predicted octanol–water partition coefficient (Wildman–Crippen LogP) is 1.22. The van der Waals surface area contributed by atoms with E-state index in [0.29, 0.717) is 11.5 Å². The minimum Gasteiger partial charge on any atom is -0.481 e. The maximum Gasteiger partial charge on any atom is 0.308 e. The van der Waals surface area contributed by atoms with Gasteiger partial charge >= 0.3 is 5.97 Å². The minimum atomic E-state index is -1.01. The quantitative estimate of drug-likeness (QED) is 0.826. The maximum absolute atomic E-state index is 11.8. The summed E-state index contributed by atoms with van der Waals surface area (Å²) in [5.74, 6) is -0.0423. The molecule has 0 aromatic carbocycles. The molecule has 2 rings (SSSR count). The van der Waals surface area contributed by atoms with Crippen molar-refractivity contribution in [3.8, 4) is 0 Å². The number of nitrogens with zero attached hydrogens (tertiary/aromatic N) is 1. The highest BCUT2D eigenvalue weighted by Gasteiger charge is 2.48. The van der Waals surface area contributed by atoms with Crippen molar-refractivity contribution < 1.29 is 9.90 Å². The Bertz CT molecular complexity index is 531. The van der Waals surface area contributed by atoms with Crippen molar-refractivity contribution in [2.45, 2.75) is 39.5 Å². The average Bonchev–Trinajstić information content (AvgIpc) is 2.81. The summed E-state index contributed by atoms with van der Waals surface area (Å²) < 4.78 is 0. The molecule has 92 valence electrons. The molecule has 1 aromatic rings. The van der Waals surface area contributed by atoms with Gasteiger partial charge in [0.2, 0.25) is 0 Å². The predicted molar refractivity (Wildman–Crippen MR) is 62.1 cm³/mol. The summed E-state index contributed by atoms with van der Waals surface area (Å²) >= 11 is 0. The lowest BCUT2D eigenvalue weighted by atomic mass is 10.1. The van der Waals surface area contributed by atoms with Gasteiger partial charge in [0.25, 0.3) is 5.56 Å². The third kappa shape index (κ3) is 2.23. The Balaban J connectivity index is 2.36. The number of carbonyl (C=O) groups is 1. The molecular weight excluding hydrogens is 220 g/mol. The van der Waals surface area contributed by atoms with Crippen LogP contribution in [0.2, 0.25) is 0 Å². The first-order valence-electron chi connectivity index (χ1n) is 5.63. The summed E-state index contributed by atoms with van der Waals surface area (Å²) in [4.78, 5) is 29.4. The number of aryl methyl sites for hydroxylation is 1. The van der Waals surface area contributed by atoms with Gasteiger partial charge in [0.05, 0.1) is 6.42 Å². The van der Waals surface area contributed by atoms with Crippen LogP contribution in [0, 0.1) is 12.3 Å². The van der Waals surface area contributed by atoms with E-state index in [0.717, 1.165) is 6.42 Å². The van der Waals surface area contributed by atoms with E-state index in [4.69, 9.17) is 5.11 Å². The lowest BCUT2D eigenvalue weighted by Gasteiger charge is -2.06. The Morgan fingerprint density at radius 3 is 2.59 bits per heavy atom. The number of aromatic nitrogens is 2. The summed E-state index contributed by atoms with van der Waals surface area (Å²) in [6, 6.07) is 0. The molecule has 1 aliphatic carbocycles. The summed E-state index contributed by atoms with van der Waals surface area (Å²) in [5, 5.41) is 8.71. The van der Waals surface area contributed by atoms with Gasteiger partial charge in [-0.15, -0.1) is 0 Å². The standard InChI is InChI=1S/C12H16N2O3/c1-6-7(4-9(15)16)11(17)14-10(13-6)8-5-12(8,2)3/h8H,4-5H2,1-3H3,(H,15,16)(H,13,14,17). The highest BCUT2D eigenvalue weighted by molar-refractivity contribution is 5.70. The van der Waals surface area contributed by atoms with Crippen LogP contribution in [-0.4, -0.2) is 21.0 Å². The van der Waals surface area contributed by atoms with Crippen molar-refractivity contribution >= 4 is 5.97 Å². The fraction of sp³-hybridized carbons (Fsp3) is 0.583. The van der Waals surface area contributed by atoms with Crippen LogP contribution in [0.3, 0.4) is 0 Å². The molecule has 1 heterocycles. The van der Waals surface area contributed by atoms with Crippen LogP contribution in [0.15, 0.2) is 4.79 Å². The second-order valence-corrected chi connectivity index (χ2v) is 5.33. The van der Waals surface area contributed by atoms with E-state index in [1.54, 1.807) is 6.92 Å². The topological polar surface area (TPSA) is 83.0 Å². The van der Waals surface area contributed by atoms with Crippen molar-refractivity contribution in [1.29, 1.82) is 0 Å². The average molecular weight is 236 g/mol. The Hall–Kier alpha value is -1.65. The number of nitrogens with one attached hydrogen (secondary N) is 1.